The monoisotopic (exact) mass is 289 g/mol. The Morgan fingerprint density at radius 1 is 1.32 bits per heavy atom. The molecule has 2 N–H and O–H groups in total. The van der Waals surface area contributed by atoms with Crippen molar-refractivity contribution >= 4 is 23.2 Å². The molecule has 0 saturated carbocycles. The molecule has 19 heavy (non-hydrogen) atoms. The zero-order valence-electron chi connectivity index (χ0n) is 9.25. The number of alkyl halides is 3. The number of aromatic nitrogens is 2. The molecule has 0 fully saturated rings. The number of rotatable bonds is 2. The van der Waals surface area contributed by atoms with Crippen molar-refractivity contribution in [2.24, 2.45) is 0 Å². The standard InChI is InChI=1S/C11H7ClF3N3O/c12-8-1-7(11(13,14)15)2-9(3-8)18-10(19)6-4-16-17-5-6/h1-5H,(H,16,17)(H,18,19). The number of aromatic amines is 1. The average Bonchev–Trinajstić information content (AvgIpc) is 2.80. The third-order valence-corrected chi connectivity index (χ3v) is 2.46. The Labute approximate surface area is 110 Å². The number of benzene rings is 1. The van der Waals surface area contributed by atoms with Crippen molar-refractivity contribution in [3.63, 3.8) is 0 Å². The Morgan fingerprint density at radius 3 is 2.63 bits per heavy atom. The highest BCUT2D eigenvalue weighted by atomic mass is 35.5. The first-order valence-electron chi connectivity index (χ1n) is 5.04. The van der Waals surface area contributed by atoms with Crippen LogP contribution in [0.4, 0.5) is 18.9 Å². The van der Waals surface area contributed by atoms with Gasteiger partial charge in [0.1, 0.15) is 0 Å². The number of nitrogens with zero attached hydrogens (tertiary/aromatic N) is 1. The van der Waals surface area contributed by atoms with Crippen molar-refractivity contribution in [3.05, 3.63) is 46.7 Å². The number of halogens is 4. The number of carbonyl (C=O) groups excluding carboxylic acids is 1. The Bertz CT molecular complexity index is 596. The summed E-state index contributed by atoms with van der Waals surface area (Å²) in [6.07, 6.45) is -1.95. The first-order valence-corrected chi connectivity index (χ1v) is 5.42. The van der Waals surface area contributed by atoms with Crippen molar-refractivity contribution in [1.82, 2.24) is 10.2 Å². The molecule has 0 aliphatic carbocycles. The Hall–Kier alpha value is -2.02. The molecule has 1 heterocycles. The van der Waals surface area contributed by atoms with Crippen LogP contribution in [0, 0.1) is 0 Å². The van der Waals surface area contributed by atoms with Crippen LogP contribution >= 0.6 is 11.6 Å². The number of H-pyrrole nitrogens is 1. The molecule has 0 aliphatic rings. The van der Waals surface area contributed by atoms with E-state index in [0.29, 0.717) is 0 Å². The van der Waals surface area contributed by atoms with Gasteiger partial charge in [-0.3, -0.25) is 9.89 Å². The van der Waals surface area contributed by atoms with Gasteiger partial charge in [-0.2, -0.15) is 18.3 Å². The van der Waals surface area contributed by atoms with E-state index in [1.54, 1.807) is 0 Å². The van der Waals surface area contributed by atoms with Crippen LogP contribution in [-0.2, 0) is 6.18 Å². The summed E-state index contributed by atoms with van der Waals surface area (Å²) in [5.41, 5.74) is -0.762. The van der Waals surface area contributed by atoms with Gasteiger partial charge in [-0.1, -0.05) is 11.6 Å². The van der Waals surface area contributed by atoms with Crippen LogP contribution in [0.25, 0.3) is 0 Å². The maximum Gasteiger partial charge on any atom is 0.416 e. The normalized spacial score (nSPS) is 11.4. The predicted molar refractivity (Wildman–Crippen MR) is 63.0 cm³/mol. The van der Waals surface area contributed by atoms with Crippen molar-refractivity contribution in [2.75, 3.05) is 5.32 Å². The maximum atomic E-state index is 12.6. The second kappa shape index (κ2) is 4.93. The Kier molecular flexibility index (Phi) is 3.48. The fourth-order valence-electron chi connectivity index (χ4n) is 1.40. The molecular weight excluding hydrogens is 283 g/mol. The minimum Gasteiger partial charge on any atom is -0.322 e. The molecular formula is C11H7ClF3N3O. The van der Waals surface area contributed by atoms with Crippen LogP contribution in [0.3, 0.4) is 0 Å². The molecule has 0 unspecified atom stereocenters. The molecule has 4 nitrogen and oxygen atoms in total. The topological polar surface area (TPSA) is 57.8 Å². The molecule has 8 heteroatoms. The molecule has 0 radical (unpaired) electrons. The zero-order chi connectivity index (χ0) is 14.0. The van der Waals surface area contributed by atoms with Gasteiger partial charge in [-0.05, 0) is 18.2 Å². The van der Waals surface area contributed by atoms with Crippen LogP contribution in [0.2, 0.25) is 5.02 Å². The molecule has 100 valence electrons. The fraction of sp³-hybridized carbons (Fsp3) is 0.0909. The third kappa shape index (κ3) is 3.25. The Morgan fingerprint density at radius 2 is 2.05 bits per heavy atom. The lowest BCUT2D eigenvalue weighted by molar-refractivity contribution is -0.137. The fourth-order valence-corrected chi connectivity index (χ4v) is 1.64. The summed E-state index contributed by atoms with van der Waals surface area (Å²) in [6.45, 7) is 0. The predicted octanol–water partition coefficient (Wildman–Crippen LogP) is 3.33. The largest absolute Gasteiger partial charge is 0.416 e. The van der Waals surface area contributed by atoms with E-state index in [4.69, 9.17) is 11.6 Å². The second-order valence-electron chi connectivity index (χ2n) is 3.67. The summed E-state index contributed by atoms with van der Waals surface area (Å²) in [7, 11) is 0. The van der Waals surface area contributed by atoms with Gasteiger partial charge in [0.15, 0.2) is 0 Å². The van der Waals surface area contributed by atoms with Gasteiger partial charge in [0.25, 0.3) is 5.91 Å². The molecule has 0 atom stereocenters. The summed E-state index contributed by atoms with van der Waals surface area (Å²) in [4.78, 5) is 11.7. The SMILES string of the molecule is O=C(Nc1cc(Cl)cc(C(F)(F)F)c1)c1cn[nH]c1. The quantitative estimate of drug-likeness (QED) is 0.891. The van der Waals surface area contributed by atoms with E-state index < -0.39 is 17.6 Å². The number of hydrogen-bond acceptors (Lipinski definition) is 2. The number of anilines is 1. The van der Waals surface area contributed by atoms with Gasteiger partial charge >= 0.3 is 6.18 Å². The number of amides is 1. The summed E-state index contributed by atoms with van der Waals surface area (Å²) in [5.74, 6) is -0.579. The molecule has 0 spiro atoms. The molecule has 2 rings (SSSR count). The lowest BCUT2D eigenvalue weighted by atomic mass is 10.2. The molecule has 0 bridgehead atoms. The highest BCUT2D eigenvalue weighted by Gasteiger charge is 2.31. The van der Waals surface area contributed by atoms with Gasteiger partial charge in [0.05, 0.1) is 17.3 Å². The van der Waals surface area contributed by atoms with Gasteiger partial charge < -0.3 is 5.32 Å². The zero-order valence-corrected chi connectivity index (χ0v) is 10.0. The smallest absolute Gasteiger partial charge is 0.322 e. The third-order valence-electron chi connectivity index (χ3n) is 2.24. The summed E-state index contributed by atoms with van der Waals surface area (Å²) in [6, 6.07) is 2.83. The van der Waals surface area contributed by atoms with Crippen LogP contribution < -0.4 is 5.32 Å². The van der Waals surface area contributed by atoms with Crippen LogP contribution in [-0.4, -0.2) is 16.1 Å². The minimum atomic E-state index is -4.53. The first-order chi connectivity index (χ1) is 8.86. The number of nitrogens with one attached hydrogen (secondary N) is 2. The van der Waals surface area contributed by atoms with E-state index in [0.717, 1.165) is 12.1 Å². The van der Waals surface area contributed by atoms with E-state index in [1.807, 2.05) is 0 Å². The van der Waals surface area contributed by atoms with Crippen molar-refractivity contribution < 1.29 is 18.0 Å². The summed E-state index contributed by atoms with van der Waals surface area (Å²) < 4.78 is 37.7. The maximum absolute atomic E-state index is 12.6. The number of carbonyl (C=O) groups is 1. The van der Waals surface area contributed by atoms with E-state index in [2.05, 4.69) is 15.5 Å². The van der Waals surface area contributed by atoms with Gasteiger partial charge in [-0.15, -0.1) is 0 Å². The lowest BCUT2D eigenvalue weighted by Crippen LogP contribution is -2.12. The minimum absolute atomic E-state index is 0.0361. The van der Waals surface area contributed by atoms with Crippen molar-refractivity contribution in [1.29, 1.82) is 0 Å². The van der Waals surface area contributed by atoms with Gasteiger partial charge in [0, 0.05) is 16.9 Å². The summed E-state index contributed by atoms with van der Waals surface area (Å²) in [5, 5.41) is 8.19. The average molecular weight is 290 g/mol. The summed E-state index contributed by atoms with van der Waals surface area (Å²) >= 11 is 5.59. The van der Waals surface area contributed by atoms with Crippen molar-refractivity contribution in [3.8, 4) is 0 Å². The van der Waals surface area contributed by atoms with Crippen LogP contribution in [0.1, 0.15) is 15.9 Å². The van der Waals surface area contributed by atoms with Gasteiger partial charge in [0.2, 0.25) is 0 Å². The Balaban J connectivity index is 2.26. The van der Waals surface area contributed by atoms with Crippen molar-refractivity contribution in [2.45, 2.75) is 6.18 Å². The molecule has 1 aromatic heterocycles. The van der Waals surface area contributed by atoms with E-state index in [1.165, 1.54) is 18.5 Å². The van der Waals surface area contributed by atoms with E-state index in [-0.39, 0.29) is 16.3 Å². The van der Waals surface area contributed by atoms with Gasteiger partial charge in [-0.25, -0.2) is 0 Å². The first kappa shape index (κ1) is 13.4. The highest BCUT2D eigenvalue weighted by molar-refractivity contribution is 6.31. The molecule has 1 aromatic carbocycles. The molecule has 0 aliphatic heterocycles. The molecule has 2 aromatic rings. The lowest BCUT2D eigenvalue weighted by Gasteiger charge is -2.10. The highest BCUT2D eigenvalue weighted by Crippen LogP contribution is 2.33. The van der Waals surface area contributed by atoms with Crippen LogP contribution in [0.15, 0.2) is 30.6 Å². The molecule has 0 saturated heterocycles. The van der Waals surface area contributed by atoms with E-state index in [9.17, 15) is 18.0 Å². The number of hydrogen-bond donors (Lipinski definition) is 2. The van der Waals surface area contributed by atoms with Crippen LogP contribution in [0.5, 0.6) is 0 Å². The second-order valence-corrected chi connectivity index (χ2v) is 4.10. The van der Waals surface area contributed by atoms with E-state index >= 15 is 0 Å². The molecule has 1 amide bonds.